The molecule has 1 N–H and O–H groups in total. The third-order valence-electron chi connectivity index (χ3n) is 2.08. The normalized spacial score (nSPS) is 11.8. The maximum Gasteiger partial charge on any atom is 0.401 e. The van der Waals surface area contributed by atoms with Gasteiger partial charge in [-0.05, 0) is 18.6 Å². The van der Waals surface area contributed by atoms with Gasteiger partial charge in [0.2, 0.25) is 0 Å². The lowest BCUT2D eigenvalue weighted by Gasteiger charge is -2.06. The van der Waals surface area contributed by atoms with Crippen LogP contribution in [0.4, 0.5) is 13.2 Å². The first kappa shape index (κ1) is 14.2. The highest BCUT2D eigenvalue weighted by molar-refractivity contribution is 7.12. The Morgan fingerprint density at radius 2 is 2.00 bits per heavy atom. The topological polar surface area (TPSA) is 29.1 Å². The van der Waals surface area contributed by atoms with E-state index in [2.05, 4.69) is 5.32 Å². The molecule has 0 amide bonds. The number of hydrogen-bond donors (Lipinski definition) is 1. The van der Waals surface area contributed by atoms with Gasteiger partial charge in [0, 0.05) is 16.2 Å². The van der Waals surface area contributed by atoms with Crippen molar-refractivity contribution in [1.29, 1.82) is 0 Å². The van der Waals surface area contributed by atoms with Crippen molar-refractivity contribution in [2.75, 3.05) is 13.1 Å². The highest BCUT2D eigenvalue weighted by Gasteiger charge is 2.26. The molecule has 0 aromatic carbocycles. The third-order valence-corrected chi connectivity index (χ3v) is 3.31. The molecule has 0 spiro atoms. The molecule has 6 heteroatoms. The number of Topliss-reactive ketones (excluding diaryl/α,β-unsaturated/α-hetero) is 1. The minimum absolute atomic E-state index is 0.204. The zero-order chi connectivity index (χ0) is 12.9. The highest BCUT2D eigenvalue weighted by Crippen LogP contribution is 2.17. The fourth-order valence-corrected chi connectivity index (χ4v) is 2.29. The van der Waals surface area contributed by atoms with Crippen molar-refractivity contribution in [3.8, 4) is 0 Å². The van der Waals surface area contributed by atoms with Gasteiger partial charge in [-0.3, -0.25) is 4.79 Å². The molecule has 0 bridgehead atoms. The van der Waals surface area contributed by atoms with Gasteiger partial charge >= 0.3 is 6.18 Å². The molecule has 96 valence electrons. The zero-order valence-corrected chi connectivity index (χ0v) is 10.3. The van der Waals surface area contributed by atoms with Gasteiger partial charge in [0.15, 0.2) is 5.78 Å². The SMILES string of the molecule is CCc1ccc(CC(=O)CNCC(F)(F)F)s1. The van der Waals surface area contributed by atoms with E-state index in [-0.39, 0.29) is 18.7 Å². The maximum absolute atomic E-state index is 11.8. The summed E-state index contributed by atoms with van der Waals surface area (Å²) in [6, 6.07) is 3.79. The number of carbonyl (C=O) groups excluding carboxylic acids is 1. The van der Waals surface area contributed by atoms with Crippen LogP contribution in [0.3, 0.4) is 0 Å². The second-order valence-corrected chi connectivity index (χ2v) is 4.91. The van der Waals surface area contributed by atoms with E-state index in [0.29, 0.717) is 0 Å². The Kier molecular flexibility index (Phi) is 5.14. The fraction of sp³-hybridized carbons (Fsp3) is 0.545. The molecular formula is C11H14F3NOS. The molecule has 0 aliphatic rings. The van der Waals surface area contributed by atoms with Gasteiger partial charge in [-0.1, -0.05) is 6.92 Å². The van der Waals surface area contributed by atoms with Gasteiger partial charge < -0.3 is 5.32 Å². The first-order valence-corrected chi connectivity index (χ1v) is 6.09. The molecule has 0 aliphatic heterocycles. The summed E-state index contributed by atoms with van der Waals surface area (Å²) in [5.74, 6) is -0.223. The molecule has 1 aromatic rings. The van der Waals surface area contributed by atoms with Crippen molar-refractivity contribution in [2.24, 2.45) is 0 Å². The molecular weight excluding hydrogens is 251 g/mol. The Morgan fingerprint density at radius 1 is 1.35 bits per heavy atom. The molecule has 1 heterocycles. The van der Waals surface area contributed by atoms with Gasteiger partial charge in [-0.2, -0.15) is 13.2 Å². The third kappa shape index (κ3) is 5.83. The summed E-state index contributed by atoms with van der Waals surface area (Å²) in [4.78, 5) is 13.5. The van der Waals surface area contributed by atoms with Crippen molar-refractivity contribution in [1.82, 2.24) is 5.32 Å². The van der Waals surface area contributed by atoms with Crippen LogP contribution in [0.25, 0.3) is 0 Å². The van der Waals surface area contributed by atoms with E-state index in [1.807, 2.05) is 19.1 Å². The average molecular weight is 265 g/mol. The van der Waals surface area contributed by atoms with Crippen LogP contribution >= 0.6 is 11.3 Å². The number of alkyl halides is 3. The Morgan fingerprint density at radius 3 is 2.53 bits per heavy atom. The number of hydrogen-bond acceptors (Lipinski definition) is 3. The lowest BCUT2D eigenvalue weighted by molar-refractivity contribution is -0.127. The van der Waals surface area contributed by atoms with Crippen LogP contribution in [0, 0.1) is 0 Å². The van der Waals surface area contributed by atoms with Crippen molar-refractivity contribution in [2.45, 2.75) is 25.9 Å². The largest absolute Gasteiger partial charge is 0.401 e. The second-order valence-electron chi connectivity index (χ2n) is 3.66. The number of thiophene rings is 1. The Balaban J connectivity index is 2.30. The average Bonchev–Trinajstić information content (AvgIpc) is 2.63. The molecule has 0 aliphatic carbocycles. The molecule has 1 rings (SSSR count). The van der Waals surface area contributed by atoms with Crippen LogP contribution in [0.15, 0.2) is 12.1 Å². The molecule has 1 aromatic heterocycles. The molecule has 17 heavy (non-hydrogen) atoms. The predicted molar refractivity (Wildman–Crippen MR) is 61.3 cm³/mol. The predicted octanol–water partition coefficient (Wildman–Crippen LogP) is 2.57. The fourth-order valence-electron chi connectivity index (χ4n) is 1.31. The van der Waals surface area contributed by atoms with Crippen LogP contribution in [-0.4, -0.2) is 25.0 Å². The van der Waals surface area contributed by atoms with E-state index in [9.17, 15) is 18.0 Å². The smallest absolute Gasteiger partial charge is 0.302 e. The summed E-state index contributed by atoms with van der Waals surface area (Å²) in [5.41, 5.74) is 0. The van der Waals surface area contributed by atoms with E-state index in [1.165, 1.54) is 16.2 Å². The zero-order valence-electron chi connectivity index (χ0n) is 9.43. The monoisotopic (exact) mass is 265 g/mol. The van der Waals surface area contributed by atoms with Crippen molar-refractivity contribution in [3.05, 3.63) is 21.9 Å². The van der Waals surface area contributed by atoms with Crippen LogP contribution in [0.2, 0.25) is 0 Å². The molecule has 2 nitrogen and oxygen atoms in total. The summed E-state index contributed by atoms with van der Waals surface area (Å²) in [7, 11) is 0. The first-order chi connectivity index (χ1) is 7.90. The molecule has 0 radical (unpaired) electrons. The number of aryl methyl sites for hydroxylation is 1. The lowest BCUT2D eigenvalue weighted by atomic mass is 10.2. The van der Waals surface area contributed by atoms with E-state index in [1.54, 1.807) is 0 Å². The Labute approximate surface area is 102 Å². The number of halogens is 3. The van der Waals surface area contributed by atoms with Gasteiger partial charge in [-0.15, -0.1) is 11.3 Å². The van der Waals surface area contributed by atoms with E-state index in [0.717, 1.165) is 11.3 Å². The Bertz CT molecular complexity index is 373. The maximum atomic E-state index is 11.8. The van der Waals surface area contributed by atoms with Crippen molar-refractivity contribution >= 4 is 17.1 Å². The summed E-state index contributed by atoms with van der Waals surface area (Å²) < 4.78 is 35.4. The number of rotatable bonds is 6. The van der Waals surface area contributed by atoms with Crippen LogP contribution in [0.1, 0.15) is 16.7 Å². The van der Waals surface area contributed by atoms with E-state index >= 15 is 0 Å². The van der Waals surface area contributed by atoms with E-state index < -0.39 is 12.7 Å². The molecule has 0 fully saturated rings. The molecule has 0 saturated heterocycles. The summed E-state index contributed by atoms with van der Waals surface area (Å²) in [5, 5.41) is 2.10. The Hall–Kier alpha value is -0.880. The van der Waals surface area contributed by atoms with E-state index in [4.69, 9.17) is 0 Å². The van der Waals surface area contributed by atoms with Crippen molar-refractivity contribution < 1.29 is 18.0 Å². The minimum Gasteiger partial charge on any atom is -0.302 e. The number of nitrogens with one attached hydrogen (secondary N) is 1. The van der Waals surface area contributed by atoms with Gasteiger partial charge in [0.05, 0.1) is 13.1 Å². The molecule has 0 atom stereocenters. The minimum atomic E-state index is -4.27. The van der Waals surface area contributed by atoms with Crippen LogP contribution in [-0.2, 0) is 17.6 Å². The summed E-state index contributed by atoms with van der Waals surface area (Å²) in [6.45, 7) is 0.657. The summed E-state index contributed by atoms with van der Waals surface area (Å²) >= 11 is 1.53. The van der Waals surface area contributed by atoms with Crippen LogP contribution in [0.5, 0.6) is 0 Å². The number of carbonyl (C=O) groups is 1. The standard InChI is InChI=1S/C11H14F3NOS/c1-2-9-3-4-10(17-9)5-8(16)6-15-7-11(12,13)14/h3-4,15H,2,5-7H2,1H3. The number of ketones is 1. The van der Waals surface area contributed by atoms with Gasteiger partial charge in [-0.25, -0.2) is 0 Å². The van der Waals surface area contributed by atoms with Crippen molar-refractivity contribution in [3.63, 3.8) is 0 Å². The molecule has 0 unspecified atom stereocenters. The molecule has 0 saturated carbocycles. The van der Waals surface area contributed by atoms with Gasteiger partial charge in [0.1, 0.15) is 0 Å². The highest BCUT2D eigenvalue weighted by atomic mass is 32.1. The quantitative estimate of drug-likeness (QED) is 0.856. The second kappa shape index (κ2) is 6.16. The first-order valence-electron chi connectivity index (χ1n) is 5.27. The van der Waals surface area contributed by atoms with Gasteiger partial charge in [0.25, 0.3) is 0 Å². The summed E-state index contributed by atoms with van der Waals surface area (Å²) in [6.07, 6.45) is -3.15. The van der Waals surface area contributed by atoms with Crippen LogP contribution < -0.4 is 5.32 Å². The lowest BCUT2D eigenvalue weighted by Crippen LogP contribution is -2.33.